The lowest BCUT2D eigenvalue weighted by molar-refractivity contribution is -0.165. The van der Waals surface area contributed by atoms with Gasteiger partial charge in [0, 0.05) is 0 Å². The topological polar surface area (TPSA) is 57.5 Å². The summed E-state index contributed by atoms with van der Waals surface area (Å²) in [5.74, 6) is -1.13. The first-order valence-corrected chi connectivity index (χ1v) is 6.42. The van der Waals surface area contributed by atoms with Gasteiger partial charge in [-0.15, -0.1) is 0 Å². The predicted molar refractivity (Wildman–Crippen MR) is 61.1 cm³/mol. The molecule has 2 rings (SSSR count). The van der Waals surface area contributed by atoms with Crippen LogP contribution >= 0.6 is 0 Å². The molecule has 1 spiro atoms. The van der Waals surface area contributed by atoms with Gasteiger partial charge in [-0.1, -0.05) is 12.8 Å². The number of carbonyl (C=O) groups is 1. The van der Waals surface area contributed by atoms with Gasteiger partial charge in [-0.05, 0) is 56.8 Å². The number of hydrogen-bond acceptors (Lipinski definition) is 2. The smallest absolute Gasteiger partial charge is 0.335 e. The van der Waals surface area contributed by atoms with Gasteiger partial charge >= 0.3 is 5.97 Å². The van der Waals surface area contributed by atoms with Crippen molar-refractivity contribution in [3.05, 3.63) is 0 Å². The molecule has 3 nitrogen and oxygen atoms in total. The highest BCUT2D eigenvalue weighted by Crippen LogP contribution is 2.51. The summed E-state index contributed by atoms with van der Waals surface area (Å²) in [7, 11) is 0. The molecule has 0 saturated heterocycles. The van der Waals surface area contributed by atoms with Gasteiger partial charge in [-0.25, -0.2) is 4.79 Å². The zero-order valence-corrected chi connectivity index (χ0v) is 10.0. The van der Waals surface area contributed by atoms with Crippen LogP contribution < -0.4 is 0 Å². The van der Waals surface area contributed by atoms with E-state index in [9.17, 15) is 9.90 Å². The highest BCUT2D eigenvalue weighted by molar-refractivity contribution is 5.76. The maximum Gasteiger partial charge on any atom is 0.335 e. The molecule has 0 amide bonds. The molecule has 0 aliphatic heterocycles. The summed E-state index contributed by atoms with van der Waals surface area (Å²) >= 11 is 0. The molecule has 1 atom stereocenters. The lowest BCUT2D eigenvalue weighted by atomic mass is 9.66. The second kappa shape index (κ2) is 4.02. The highest BCUT2D eigenvalue weighted by atomic mass is 16.4. The Bertz CT molecular complexity index is 267. The lowest BCUT2D eigenvalue weighted by Crippen LogP contribution is -2.45. The largest absolute Gasteiger partial charge is 0.479 e. The van der Waals surface area contributed by atoms with E-state index in [1.54, 1.807) is 0 Å². The van der Waals surface area contributed by atoms with E-state index in [0.717, 1.165) is 25.7 Å². The van der Waals surface area contributed by atoms with Crippen molar-refractivity contribution in [2.45, 2.75) is 63.9 Å². The highest BCUT2D eigenvalue weighted by Gasteiger charge is 2.45. The van der Waals surface area contributed by atoms with Crippen LogP contribution in [0.15, 0.2) is 0 Å². The fourth-order valence-electron chi connectivity index (χ4n) is 3.59. The van der Waals surface area contributed by atoms with E-state index in [1.165, 1.54) is 32.6 Å². The zero-order valence-electron chi connectivity index (χ0n) is 10.0. The molecule has 0 bridgehead atoms. The summed E-state index contributed by atoms with van der Waals surface area (Å²) in [5.41, 5.74) is -1.02. The van der Waals surface area contributed by atoms with Gasteiger partial charge in [-0.2, -0.15) is 0 Å². The molecule has 92 valence electrons. The average Bonchev–Trinajstić information content (AvgIpc) is 2.67. The molecule has 2 aliphatic rings. The molecular formula is C13H22O3. The molecule has 2 fully saturated rings. The van der Waals surface area contributed by atoms with E-state index in [4.69, 9.17) is 5.11 Å². The summed E-state index contributed by atoms with van der Waals surface area (Å²) in [6.07, 6.45) is 9.27. The monoisotopic (exact) mass is 226 g/mol. The third-order valence-corrected chi connectivity index (χ3v) is 4.94. The lowest BCUT2D eigenvalue weighted by Gasteiger charge is -2.41. The minimum Gasteiger partial charge on any atom is -0.479 e. The molecule has 0 radical (unpaired) electrons. The standard InChI is InChI=1S/C13H22O3/c1-12(16,11(14)15)10-4-8-13(9-5-10)6-2-3-7-13/h10,16H,2-9H2,1H3,(H,14,15). The van der Waals surface area contributed by atoms with E-state index in [0.29, 0.717) is 5.41 Å². The maximum atomic E-state index is 11.0. The van der Waals surface area contributed by atoms with E-state index in [-0.39, 0.29) is 5.92 Å². The van der Waals surface area contributed by atoms with Gasteiger partial charge in [0.15, 0.2) is 5.60 Å². The quantitative estimate of drug-likeness (QED) is 0.760. The Hall–Kier alpha value is -0.570. The Kier molecular flexibility index (Phi) is 2.99. The minimum atomic E-state index is -1.53. The van der Waals surface area contributed by atoms with Gasteiger partial charge in [0.1, 0.15) is 0 Å². The summed E-state index contributed by atoms with van der Waals surface area (Å²) < 4.78 is 0. The van der Waals surface area contributed by atoms with Gasteiger partial charge in [0.05, 0.1) is 0 Å². The number of carboxylic acid groups (broad SMARTS) is 1. The number of hydrogen-bond donors (Lipinski definition) is 2. The van der Waals surface area contributed by atoms with Crippen LogP contribution in [-0.2, 0) is 4.79 Å². The van der Waals surface area contributed by atoms with E-state index in [1.807, 2.05) is 0 Å². The fourth-order valence-corrected chi connectivity index (χ4v) is 3.59. The van der Waals surface area contributed by atoms with Crippen LogP contribution in [0.3, 0.4) is 0 Å². The van der Waals surface area contributed by atoms with Crippen molar-refractivity contribution in [3.8, 4) is 0 Å². The molecule has 16 heavy (non-hydrogen) atoms. The summed E-state index contributed by atoms with van der Waals surface area (Å²) in [4.78, 5) is 11.0. The molecule has 0 aromatic heterocycles. The average molecular weight is 226 g/mol. The first-order valence-electron chi connectivity index (χ1n) is 6.42. The Labute approximate surface area is 96.9 Å². The normalized spacial score (nSPS) is 29.1. The second-order valence-corrected chi connectivity index (χ2v) is 5.93. The van der Waals surface area contributed by atoms with Crippen molar-refractivity contribution in [2.75, 3.05) is 0 Å². The van der Waals surface area contributed by atoms with Crippen molar-refractivity contribution >= 4 is 5.97 Å². The van der Waals surface area contributed by atoms with Gasteiger partial charge in [0.2, 0.25) is 0 Å². The van der Waals surface area contributed by atoms with Crippen LogP contribution in [0.2, 0.25) is 0 Å². The van der Waals surface area contributed by atoms with Gasteiger partial charge < -0.3 is 10.2 Å². The first kappa shape index (κ1) is 11.9. The molecule has 0 aromatic carbocycles. The van der Waals surface area contributed by atoms with Crippen molar-refractivity contribution in [1.29, 1.82) is 0 Å². The molecule has 2 aliphatic carbocycles. The van der Waals surface area contributed by atoms with Crippen molar-refractivity contribution in [3.63, 3.8) is 0 Å². The molecule has 1 unspecified atom stereocenters. The first-order chi connectivity index (χ1) is 7.46. The fraction of sp³-hybridized carbons (Fsp3) is 0.923. The predicted octanol–water partition coefficient (Wildman–Crippen LogP) is 2.57. The summed E-state index contributed by atoms with van der Waals surface area (Å²) in [6.45, 7) is 1.45. The number of aliphatic carboxylic acids is 1. The van der Waals surface area contributed by atoms with E-state index >= 15 is 0 Å². The molecular weight excluding hydrogens is 204 g/mol. The molecule has 3 heteroatoms. The number of aliphatic hydroxyl groups is 1. The Morgan fingerprint density at radius 1 is 1.19 bits per heavy atom. The summed E-state index contributed by atoms with van der Waals surface area (Å²) in [6, 6.07) is 0. The molecule has 2 saturated carbocycles. The van der Waals surface area contributed by atoms with Crippen molar-refractivity contribution in [2.24, 2.45) is 11.3 Å². The Morgan fingerprint density at radius 2 is 1.69 bits per heavy atom. The summed E-state index contributed by atoms with van der Waals surface area (Å²) in [5, 5.41) is 18.9. The maximum absolute atomic E-state index is 11.0. The molecule has 0 heterocycles. The Morgan fingerprint density at radius 3 is 2.12 bits per heavy atom. The SMILES string of the molecule is CC(O)(C(=O)O)C1CCC2(CCCC2)CC1. The number of carboxylic acids is 1. The van der Waals surface area contributed by atoms with Crippen molar-refractivity contribution in [1.82, 2.24) is 0 Å². The zero-order chi connectivity index (χ0) is 11.8. The van der Waals surface area contributed by atoms with Gasteiger partial charge in [-0.3, -0.25) is 0 Å². The number of rotatable bonds is 2. The molecule has 2 N–H and O–H groups in total. The Balaban J connectivity index is 1.97. The third kappa shape index (κ3) is 1.97. The van der Waals surface area contributed by atoms with E-state index in [2.05, 4.69) is 0 Å². The van der Waals surface area contributed by atoms with Crippen LogP contribution in [0, 0.1) is 11.3 Å². The third-order valence-electron chi connectivity index (χ3n) is 4.94. The van der Waals surface area contributed by atoms with Crippen molar-refractivity contribution < 1.29 is 15.0 Å². The second-order valence-electron chi connectivity index (χ2n) is 5.93. The van der Waals surface area contributed by atoms with Crippen LogP contribution in [0.5, 0.6) is 0 Å². The molecule has 0 aromatic rings. The van der Waals surface area contributed by atoms with Crippen LogP contribution in [0.25, 0.3) is 0 Å². The van der Waals surface area contributed by atoms with Crippen LogP contribution in [0.4, 0.5) is 0 Å². The minimum absolute atomic E-state index is 0.0591. The van der Waals surface area contributed by atoms with Crippen LogP contribution in [0.1, 0.15) is 58.3 Å². The van der Waals surface area contributed by atoms with Crippen LogP contribution in [-0.4, -0.2) is 21.8 Å². The van der Waals surface area contributed by atoms with E-state index < -0.39 is 11.6 Å². The van der Waals surface area contributed by atoms with Gasteiger partial charge in [0.25, 0.3) is 0 Å².